The molecule has 2 aromatic heterocycles. The molecular weight excluding hydrogens is 282 g/mol. The quantitative estimate of drug-likeness (QED) is 0.769. The lowest BCUT2D eigenvalue weighted by molar-refractivity contribution is -0.118. The summed E-state index contributed by atoms with van der Waals surface area (Å²) in [4.78, 5) is 27.2. The summed E-state index contributed by atoms with van der Waals surface area (Å²) in [5, 5.41) is 9.65. The molecule has 0 aliphatic rings. The molecular formula is C15H19N5O2. The van der Waals surface area contributed by atoms with E-state index in [-0.39, 0.29) is 11.8 Å². The van der Waals surface area contributed by atoms with Crippen LogP contribution in [0.4, 0.5) is 0 Å². The molecule has 0 aromatic carbocycles. The number of aromatic nitrogens is 3. The smallest absolute Gasteiger partial charge is 0.254 e. The fraction of sp³-hybridized carbons (Fsp3) is 0.333. The predicted molar refractivity (Wildman–Crippen MR) is 81.8 cm³/mol. The third-order valence-corrected chi connectivity index (χ3v) is 3.10. The summed E-state index contributed by atoms with van der Waals surface area (Å²) in [6, 6.07) is 5.54. The normalized spacial score (nSPS) is 10.3. The minimum atomic E-state index is -0.204. The average Bonchev–Trinajstić information content (AvgIpc) is 2.96. The zero-order valence-electron chi connectivity index (χ0n) is 12.7. The van der Waals surface area contributed by atoms with Gasteiger partial charge in [-0.25, -0.2) is 9.67 Å². The molecule has 7 nitrogen and oxygen atoms in total. The number of rotatable bonds is 6. The Morgan fingerprint density at radius 3 is 2.64 bits per heavy atom. The monoisotopic (exact) mass is 301 g/mol. The van der Waals surface area contributed by atoms with Crippen LogP contribution >= 0.6 is 0 Å². The van der Waals surface area contributed by atoms with E-state index in [1.807, 2.05) is 25.1 Å². The van der Waals surface area contributed by atoms with E-state index in [1.54, 1.807) is 17.1 Å². The zero-order valence-corrected chi connectivity index (χ0v) is 12.7. The number of hydrogen-bond acceptors (Lipinski definition) is 4. The molecule has 0 atom stereocenters. The van der Waals surface area contributed by atoms with Crippen LogP contribution in [-0.4, -0.2) is 39.7 Å². The molecule has 0 saturated heterocycles. The van der Waals surface area contributed by atoms with E-state index in [2.05, 4.69) is 20.7 Å². The second-order valence-corrected chi connectivity index (χ2v) is 4.70. The number of amides is 2. The molecule has 0 aliphatic heterocycles. The molecule has 0 radical (unpaired) electrons. The predicted octanol–water partition coefficient (Wildman–Crippen LogP) is 0.696. The maximum absolute atomic E-state index is 12.2. The molecule has 7 heteroatoms. The molecule has 2 aromatic rings. The summed E-state index contributed by atoms with van der Waals surface area (Å²) < 4.78 is 1.67. The van der Waals surface area contributed by atoms with Gasteiger partial charge in [0.05, 0.1) is 17.5 Å². The summed E-state index contributed by atoms with van der Waals surface area (Å²) in [5.41, 5.74) is 1.33. The highest BCUT2D eigenvalue weighted by Gasteiger charge is 2.17. The summed E-state index contributed by atoms with van der Waals surface area (Å²) in [7, 11) is 0. The molecule has 2 N–H and O–H groups in total. The minimum absolute atomic E-state index is 0.119. The number of pyridine rings is 1. The lowest BCUT2D eigenvalue weighted by Crippen LogP contribution is -2.33. The van der Waals surface area contributed by atoms with E-state index in [4.69, 9.17) is 0 Å². The van der Waals surface area contributed by atoms with Crippen LogP contribution in [-0.2, 0) is 11.2 Å². The summed E-state index contributed by atoms with van der Waals surface area (Å²) in [6.45, 7) is 4.17. The van der Waals surface area contributed by atoms with Crippen LogP contribution in [0.1, 0.15) is 29.9 Å². The van der Waals surface area contributed by atoms with Crippen LogP contribution < -0.4 is 10.6 Å². The van der Waals surface area contributed by atoms with Gasteiger partial charge in [0.1, 0.15) is 0 Å². The molecule has 0 bridgehead atoms. The fourth-order valence-electron chi connectivity index (χ4n) is 2.09. The van der Waals surface area contributed by atoms with Gasteiger partial charge in [0, 0.05) is 26.2 Å². The minimum Gasteiger partial charge on any atom is -0.355 e. The average molecular weight is 301 g/mol. The van der Waals surface area contributed by atoms with E-state index >= 15 is 0 Å². The first-order valence-corrected chi connectivity index (χ1v) is 7.14. The molecule has 0 spiro atoms. The highest BCUT2D eigenvalue weighted by Crippen LogP contribution is 2.13. The van der Waals surface area contributed by atoms with Crippen LogP contribution in [0.5, 0.6) is 0 Å². The first kappa shape index (κ1) is 15.7. The summed E-state index contributed by atoms with van der Waals surface area (Å²) >= 11 is 0. The van der Waals surface area contributed by atoms with E-state index < -0.39 is 0 Å². The van der Waals surface area contributed by atoms with Gasteiger partial charge in [0.15, 0.2) is 5.82 Å². The third kappa shape index (κ3) is 3.69. The number of nitrogens with zero attached hydrogens (tertiary/aromatic N) is 3. The lowest BCUT2D eigenvalue weighted by atomic mass is 10.2. The fourth-order valence-corrected chi connectivity index (χ4v) is 2.09. The van der Waals surface area contributed by atoms with Crippen LogP contribution in [0.2, 0.25) is 0 Å². The van der Waals surface area contributed by atoms with Gasteiger partial charge >= 0.3 is 0 Å². The van der Waals surface area contributed by atoms with Crippen molar-refractivity contribution >= 4 is 11.8 Å². The molecule has 2 rings (SSSR count). The van der Waals surface area contributed by atoms with Crippen molar-refractivity contribution in [2.24, 2.45) is 0 Å². The second-order valence-electron chi connectivity index (χ2n) is 4.70. The summed E-state index contributed by atoms with van der Waals surface area (Å²) in [6.07, 6.45) is 3.88. The SMILES string of the molecule is CCc1c(C(=O)NCCNC(C)=O)cnn1-c1ccccn1. The van der Waals surface area contributed by atoms with Gasteiger partial charge < -0.3 is 10.6 Å². The Hall–Kier alpha value is -2.70. The number of carbonyl (C=O) groups excluding carboxylic acids is 2. The van der Waals surface area contributed by atoms with Gasteiger partial charge in [-0.2, -0.15) is 5.10 Å². The Labute approximate surface area is 128 Å². The van der Waals surface area contributed by atoms with Gasteiger partial charge in [-0.05, 0) is 18.6 Å². The van der Waals surface area contributed by atoms with Crippen molar-refractivity contribution in [3.63, 3.8) is 0 Å². The van der Waals surface area contributed by atoms with Gasteiger partial charge in [0.25, 0.3) is 5.91 Å². The van der Waals surface area contributed by atoms with Gasteiger partial charge in [-0.3, -0.25) is 9.59 Å². The number of carbonyl (C=O) groups is 2. The first-order chi connectivity index (χ1) is 10.6. The van der Waals surface area contributed by atoms with Crippen molar-refractivity contribution in [2.75, 3.05) is 13.1 Å². The Morgan fingerprint density at radius 1 is 1.23 bits per heavy atom. The number of nitrogens with one attached hydrogen (secondary N) is 2. The molecule has 0 aliphatic carbocycles. The van der Waals surface area contributed by atoms with Crippen LogP contribution in [0.25, 0.3) is 5.82 Å². The maximum Gasteiger partial charge on any atom is 0.254 e. The van der Waals surface area contributed by atoms with E-state index in [1.165, 1.54) is 6.92 Å². The van der Waals surface area contributed by atoms with Crippen LogP contribution in [0, 0.1) is 0 Å². The molecule has 0 unspecified atom stereocenters. The second kappa shape index (κ2) is 7.35. The van der Waals surface area contributed by atoms with Gasteiger partial charge in [-0.15, -0.1) is 0 Å². The Kier molecular flexibility index (Phi) is 5.24. The van der Waals surface area contributed by atoms with E-state index in [0.717, 1.165) is 5.69 Å². The summed E-state index contributed by atoms with van der Waals surface area (Å²) in [5.74, 6) is 0.354. The van der Waals surface area contributed by atoms with Crippen LogP contribution in [0.3, 0.4) is 0 Å². The van der Waals surface area contributed by atoms with Gasteiger partial charge in [0.2, 0.25) is 5.91 Å². The van der Waals surface area contributed by atoms with E-state index in [0.29, 0.717) is 30.9 Å². The first-order valence-electron chi connectivity index (χ1n) is 7.14. The van der Waals surface area contributed by atoms with Gasteiger partial charge in [-0.1, -0.05) is 13.0 Å². The largest absolute Gasteiger partial charge is 0.355 e. The van der Waals surface area contributed by atoms with Crippen molar-refractivity contribution in [3.8, 4) is 5.82 Å². The molecule has 22 heavy (non-hydrogen) atoms. The molecule has 0 saturated carbocycles. The Balaban J connectivity index is 2.10. The van der Waals surface area contributed by atoms with Crippen molar-refractivity contribution in [1.82, 2.24) is 25.4 Å². The zero-order chi connectivity index (χ0) is 15.9. The van der Waals surface area contributed by atoms with Crippen molar-refractivity contribution in [1.29, 1.82) is 0 Å². The number of hydrogen-bond donors (Lipinski definition) is 2. The lowest BCUT2D eigenvalue weighted by Gasteiger charge is -2.08. The van der Waals surface area contributed by atoms with E-state index in [9.17, 15) is 9.59 Å². The van der Waals surface area contributed by atoms with Crippen molar-refractivity contribution in [2.45, 2.75) is 20.3 Å². The topological polar surface area (TPSA) is 88.9 Å². The maximum atomic E-state index is 12.2. The molecule has 116 valence electrons. The standard InChI is InChI=1S/C15H19N5O2/c1-3-13-12(15(22)18-9-8-16-11(2)21)10-19-20(13)14-6-4-5-7-17-14/h4-7,10H,3,8-9H2,1-2H3,(H,16,21)(H,18,22). The van der Waals surface area contributed by atoms with Crippen molar-refractivity contribution in [3.05, 3.63) is 41.9 Å². The molecule has 0 fully saturated rings. The Bertz CT molecular complexity index is 651. The highest BCUT2D eigenvalue weighted by atomic mass is 16.2. The molecule has 2 amide bonds. The van der Waals surface area contributed by atoms with Crippen molar-refractivity contribution < 1.29 is 9.59 Å². The Morgan fingerprint density at radius 2 is 2.00 bits per heavy atom. The highest BCUT2D eigenvalue weighted by molar-refractivity contribution is 5.95. The third-order valence-electron chi connectivity index (χ3n) is 3.10. The molecule has 2 heterocycles. The van der Waals surface area contributed by atoms with Crippen LogP contribution in [0.15, 0.2) is 30.6 Å².